The lowest BCUT2D eigenvalue weighted by atomic mass is 10.0. The standard InChI is InChI=1S/C26H52O2/c1-3-5-7-9-11-13-14-15-16-17-18-20-22-24-26(27)28-25-23-21-19-12-10-8-6-4-2/h3-25H2,1-2H3. The van der Waals surface area contributed by atoms with E-state index in [0.29, 0.717) is 13.0 Å². The molecular weight excluding hydrogens is 344 g/mol. The van der Waals surface area contributed by atoms with Gasteiger partial charge >= 0.3 is 5.97 Å². The minimum atomic E-state index is 0.0195. The molecular formula is C26H52O2. The summed E-state index contributed by atoms with van der Waals surface area (Å²) < 4.78 is 5.36. The fourth-order valence-electron chi connectivity index (χ4n) is 3.78. The molecule has 0 radical (unpaired) electrons. The lowest BCUT2D eigenvalue weighted by Gasteiger charge is -2.05. The summed E-state index contributed by atoms with van der Waals surface area (Å²) in [6.07, 6.45) is 28.4. The van der Waals surface area contributed by atoms with Crippen LogP contribution in [0, 0.1) is 0 Å². The van der Waals surface area contributed by atoms with Gasteiger partial charge in [0, 0.05) is 6.42 Å². The zero-order chi connectivity index (χ0) is 20.5. The highest BCUT2D eigenvalue weighted by molar-refractivity contribution is 5.69. The van der Waals surface area contributed by atoms with Crippen LogP contribution < -0.4 is 0 Å². The first kappa shape index (κ1) is 27.5. The fraction of sp³-hybridized carbons (Fsp3) is 0.962. The number of hydrogen-bond donors (Lipinski definition) is 0. The Morgan fingerprint density at radius 3 is 1.18 bits per heavy atom. The molecule has 0 saturated heterocycles. The maximum absolute atomic E-state index is 11.7. The molecule has 0 aliphatic heterocycles. The zero-order valence-corrected chi connectivity index (χ0v) is 19.6. The summed E-state index contributed by atoms with van der Waals surface area (Å²) >= 11 is 0. The lowest BCUT2D eigenvalue weighted by Crippen LogP contribution is -2.05. The highest BCUT2D eigenvalue weighted by Crippen LogP contribution is 2.13. The summed E-state index contributed by atoms with van der Waals surface area (Å²) in [5, 5.41) is 0. The van der Waals surface area contributed by atoms with Gasteiger partial charge in [0.05, 0.1) is 6.61 Å². The predicted molar refractivity (Wildman–Crippen MR) is 124 cm³/mol. The molecule has 0 atom stereocenters. The van der Waals surface area contributed by atoms with Gasteiger partial charge in [0.15, 0.2) is 0 Å². The van der Waals surface area contributed by atoms with E-state index in [0.717, 1.165) is 12.8 Å². The smallest absolute Gasteiger partial charge is 0.305 e. The van der Waals surface area contributed by atoms with Crippen LogP contribution in [0.4, 0.5) is 0 Å². The Kier molecular flexibility index (Phi) is 24.0. The van der Waals surface area contributed by atoms with Gasteiger partial charge < -0.3 is 4.74 Å². The first-order valence-electron chi connectivity index (χ1n) is 13.0. The number of unbranched alkanes of at least 4 members (excludes halogenated alkanes) is 19. The van der Waals surface area contributed by atoms with E-state index in [-0.39, 0.29) is 5.97 Å². The van der Waals surface area contributed by atoms with Gasteiger partial charge in [0.25, 0.3) is 0 Å². The SMILES string of the molecule is CCCCCCCCCCCCCCCC(=O)OCCCCCCCCCC. The van der Waals surface area contributed by atoms with Crippen LogP contribution in [0.1, 0.15) is 155 Å². The number of carbonyl (C=O) groups excluding carboxylic acids is 1. The van der Waals surface area contributed by atoms with E-state index < -0.39 is 0 Å². The summed E-state index contributed by atoms with van der Waals surface area (Å²) in [6, 6.07) is 0. The van der Waals surface area contributed by atoms with Crippen molar-refractivity contribution in [1.82, 2.24) is 0 Å². The molecule has 0 amide bonds. The third-order valence-corrected chi connectivity index (χ3v) is 5.75. The van der Waals surface area contributed by atoms with Crippen molar-refractivity contribution >= 4 is 5.97 Å². The minimum absolute atomic E-state index is 0.0195. The Bertz CT molecular complexity index is 301. The molecule has 0 unspecified atom stereocenters. The molecule has 0 aromatic heterocycles. The first-order valence-corrected chi connectivity index (χ1v) is 13.0. The van der Waals surface area contributed by atoms with Crippen LogP contribution in [0.5, 0.6) is 0 Å². The Morgan fingerprint density at radius 2 is 0.786 bits per heavy atom. The van der Waals surface area contributed by atoms with Crippen LogP contribution in [0.15, 0.2) is 0 Å². The Balaban J connectivity index is 3.13. The van der Waals surface area contributed by atoms with Gasteiger partial charge in [0.2, 0.25) is 0 Å². The molecule has 0 fully saturated rings. The predicted octanol–water partition coefficient (Wildman–Crippen LogP) is 9.15. The number of hydrogen-bond acceptors (Lipinski definition) is 2. The van der Waals surface area contributed by atoms with E-state index in [1.807, 2.05) is 0 Å². The van der Waals surface area contributed by atoms with E-state index in [1.165, 1.54) is 122 Å². The van der Waals surface area contributed by atoms with Crippen molar-refractivity contribution in [3.63, 3.8) is 0 Å². The second kappa shape index (κ2) is 24.5. The van der Waals surface area contributed by atoms with Crippen LogP contribution in [-0.2, 0) is 9.53 Å². The van der Waals surface area contributed by atoms with Gasteiger partial charge in [-0.2, -0.15) is 0 Å². The van der Waals surface area contributed by atoms with Crippen molar-refractivity contribution < 1.29 is 9.53 Å². The largest absolute Gasteiger partial charge is 0.466 e. The van der Waals surface area contributed by atoms with E-state index in [4.69, 9.17) is 4.74 Å². The molecule has 0 bridgehead atoms. The summed E-state index contributed by atoms with van der Waals surface area (Å²) in [5.74, 6) is 0.0195. The summed E-state index contributed by atoms with van der Waals surface area (Å²) in [6.45, 7) is 5.17. The highest BCUT2D eigenvalue weighted by Gasteiger charge is 2.02. The molecule has 28 heavy (non-hydrogen) atoms. The first-order chi connectivity index (χ1) is 13.8. The minimum Gasteiger partial charge on any atom is -0.466 e. The Hall–Kier alpha value is -0.530. The third-order valence-electron chi connectivity index (χ3n) is 5.75. The Labute approximate surface area is 177 Å². The van der Waals surface area contributed by atoms with Gasteiger partial charge in [-0.05, 0) is 12.8 Å². The van der Waals surface area contributed by atoms with Crippen LogP contribution in [0.3, 0.4) is 0 Å². The summed E-state index contributed by atoms with van der Waals surface area (Å²) in [4.78, 5) is 11.7. The average Bonchev–Trinajstić information content (AvgIpc) is 2.70. The van der Waals surface area contributed by atoms with Crippen molar-refractivity contribution in [3.05, 3.63) is 0 Å². The monoisotopic (exact) mass is 396 g/mol. The van der Waals surface area contributed by atoms with Crippen LogP contribution in [-0.4, -0.2) is 12.6 Å². The average molecular weight is 397 g/mol. The molecule has 0 rings (SSSR count). The molecule has 0 N–H and O–H groups in total. The van der Waals surface area contributed by atoms with E-state index in [1.54, 1.807) is 0 Å². The van der Waals surface area contributed by atoms with Crippen molar-refractivity contribution in [3.8, 4) is 0 Å². The fourth-order valence-corrected chi connectivity index (χ4v) is 3.78. The van der Waals surface area contributed by atoms with E-state index >= 15 is 0 Å². The maximum Gasteiger partial charge on any atom is 0.305 e. The zero-order valence-electron chi connectivity index (χ0n) is 19.6. The molecule has 168 valence electrons. The van der Waals surface area contributed by atoms with Crippen molar-refractivity contribution in [1.29, 1.82) is 0 Å². The number of esters is 1. The topological polar surface area (TPSA) is 26.3 Å². The molecule has 0 saturated carbocycles. The lowest BCUT2D eigenvalue weighted by molar-refractivity contribution is -0.143. The maximum atomic E-state index is 11.7. The van der Waals surface area contributed by atoms with E-state index in [2.05, 4.69) is 13.8 Å². The third kappa shape index (κ3) is 23.5. The molecule has 0 spiro atoms. The molecule has 0 heterocycles. The van der Waals surface area contributed by atoms with E-state index in [9.17, 15) is 4.79 Å². The number of ether oxygens (including phenoxy) is 1. The van der Waals surface area contributed by atoms with Gasteiger partial charge in [-0.3, -0.25) is 4.79 Å². The van der Waals surface area contributed by atoms with Crippen molar-refractivity contribution in [2.75, 3.05) is 6.61 Å². The summed E-state index contributed by atoms with van der Waals surface area (Å²) in [5.41, 5.74) is 0. The second-order valence-electron chi connectivity index (χ2n) is 8.69. The van der Waals surface area contributed by atoms with Crippen LogP contribution >= 0.6 is 0 Å². The normalized spacial score (nSPS) is 11.1. The second-order valence-corrected chi connectivity index (χ2v) is 8.69. The number of rotatable bonds is 23. The molecule has 0 aromatic carbocycles. The highest BCUT2D eigenvalue weighted by atomic mass is 16.5. The Morgan fingerprint density at radius 1 is 0.464 bits per heavy atom. The summed E-state index contributed by atoms with van der Waals surface area (Å²) in [7, 11) is 0. The van der Waals surface area contributed by atoms with Gasteiger partial charge in [0.1, 0.15) is 0 Å². The molecule has 0 aliphatic carbocycles. The van der Waals surface area contributed by atoms with Crippen molar-refractivity contribution in [2.45, 2.75) is 155 Å². The van der Waals surface area contributed by atoms with Gasteiger partial charge in [-0.1, -0.05) is 136 Å². The van der Waals surface area contributed by atoms with Crippen molar-refractivity contribution in [2.24, 2.45) is 0 Å². The van der Waals surface area contributed by atoms with Crippen LogP contribution in [0.2, 0.25) is 0 Å². The molecule has 0 aliphatic rings. The van der Waals surface area contributed by atoms with Crippen LogP contribution in [0.25, 0.3) is 0 Å². The molecule has 0 aromatic rings. The van der Waals surface area contributed by atoms with Gasteiger partial charge in [-0.15, -0.1) is 0 Å². The molecule has 2 nitrogen and oxygen atoms in total. The van der Waals surface area contributed by atoms with Gasteiger partial charge in [-0.25, -0.2) is 0 Å². The number of carbonyl (C=O) groups is 1. The quantitative estimate of drug-likeness (QED) is 0.127. The molecule has 2 heteroatoms.